The molecule has 2 N–H and O–H groups in total. The fourth-order valence-corrected chi connectivity index (χ4v) is 3.24. The summed E-state index contributed by atoms with van der Waals surface area (Å²) >= 11 is 0. The summed E-state index contributed by atoms with van der Waals surface area (Å²) in [6.45, 7) is 6.07. The molecule has 3 aromatic rings. The monoisotopic (exact) mass is 382 g/mol. The average molecular weight is 382 g/mol. The van der Waals surface area contributed by atoms with Crippen molar-refractivity contribution in [3.8, 4) is 5.69 Å². The van der Waals surface area contributed by atoms with Gasteiger partial charge in [0.1, 0.15) is 5.76 Å². The number of amides is 1. The fourth-order valence-electron chi connectivity index (χ4n) is 3.24. The third-order valence-corrected chi connectivity index (χ3v) is 4.55. The van der Waals surface area contributed by atoms with Crippen molar-refractivity contribution in [3.63, 3.8) is 0 Å². The number of carbonyl (C=O) groups excluding carboxylic acids is 1. The highest BCUT2D eigenvalue weighted by molar-refractivity contribution is 5.85. The van der Waals surface area contributed by atoms with Crippen LogP contribution in [0.2, 0.25) is 0 Å². The van der Waals surface area contributed by atoms with E-state index in [2.05, 4.69) is 15.6 Å². The molecule has 0 aliphatic rings. The van der Waals surface area contributed by atoms with Crippen molar-refractivity contribution in [1.29, 1.82) is 0 Å². The second-order valence-electron chi connectivity index (χ2n) is 6.74. The van der Waals surface area contributed by atoms with Gasteiger partial charge >= 0.3 is 5.97 Å². The van der Waals surface area contributed by atoms with E-state index in [9.17, 15) is 9.59 Å². The molecule has 1 unspecified atom stereocenters. The summed E-state index contributed by atoms with van der Waals surface area (Å²) < 4.78 is 6.67. The van der Waals surface area contributed by atoms with Crippen molar-refractivity contribution in [2.24, 2.45) is 0 Å². The van der Waals surface area contributed by atoms with Crippen molar-refractivity contribution < 1.29 is 19.2 Å². The molecular formula is C20H22N4O4. The molecule has 0 saturated heterocycles. The molecule has 2 aromatic heterocycles. The zero-order valence-corrected chi connectivity index (χ0v) is 16.0. The second-order valence-corrected chi connectivity index (χ2v) is 6.74. The summed E-state index contributed by atoms with van der Waals surface area (Å²) in [7, 11) is 0. The van der Waals surface area contributed by atoms with Crippen LogP contribution in [0, 0.1) is 13.8 Å². The molecule has 146 valence electrons. The molecule has 0 fully saturated rings. The lowest BCUT2D eigenvalue weighted by atomic mass is 9.96. The van der Waals surface area contributed by atoms with Crippen LogP contribution >= 0.6 is 0 Å². The smallest absolute Gasteiger partial charge is 0.356 e. The van der Waals surface area contributed by atoms with Gasteiger partial charge in [0.15, 0.2) is 5.69 Å². The van der Waals surface area contributed by atoms with Crippen LogP contribution in [0.15, 0.2) is 41.1 Å². The number of hydrogen-bond donors (Lipinski definition) is 2. The highest BCUT2D eigenvalue weighted by Crippen LogP contribution is 2.25. The fraction of sp³-hybridized carbons (Fsp3) is 0.300. The summed E-state index contributed by atoms with van der Waals surface area (Å²) in [5, 5.41) is 19.9. The summed E-state index contributed by atoms with van der Waals surface area (Å²) in [6.07, 6.45) is 1.93. The first-order valence-corrected chi connectivity index (χ1v) is 8.93. The van der Waals surface area contributed by atoms with Crippen LogP contribution in [0.25, 0.3) is 5.69 Å². The predicted octanol–water partition coefficient (Wildman–Crippen LogP) is 2.99. The molecule has 0 aliphatic heterocycles. The number of carboxylic acids is 1. The lowest BCUT2D eigenvalue weighted by Crippen LogP contribution is -2.24. The van der Waals surface area contributed by atoms with Crippen molar-refractivity contribution in [1.82, 2.24) is 20.3 Å². The van der Waals surface area contributed by atoms with Gasteiger partial charge in [-0.05, 0) is 43.5 Å². The Morgan fingerprint density at radius 3 is 2.71 bits per heavy atom. The first-order chi connectivity index (χ1) is 13.3. The summed E-state index contributed by atoms with van der Waals surface area (Å²) in [6, 6.07) is 8.85. The maximum Gasteiger partial charge on any atom is 0.356 e. The Morgan fingerprint density at radius 1 is 1.29 bits per heavy atom. The molecule has 0 saturated carbocycles. The van der Waals surface area contributed by atoms with E-state index in [-0.39, 0.29) is 17.5 Å². The Bertz CT molecular complexity index is 986. The summed E-state index contributed by atoms with van der Waals surface area (Å²) in [4.78, 5) is 23.3. The van der Waals surface area contributed by atoms with E-state index >= 15 is 0 Å². The largest absolute Gasteiger partial charge is 0.476 e. The molecule has 0 bridgehead atoms. The van der Waals surface area contributed by atoms with Crippen LogP contribution in [-0.2, 0) is 11.3 Å². The molecule has 1 amide bonds. The summed E-state index contributed by atoms with van der Waals surface area (Å²) in [5.41, 5.74) is 3.38. The van der Waals surface area contributed by atoms with Crippen LogP contribution in [0.3, 0.4) is 0 Å². The van der Waals surface area contributed by atoms with Crippen LogP contribution in [0.1, 0.15) is 52.3 Å². The number of carboxylic acid groups (broad SMARTS) is 1. The standard InChI is InChI=1S/C20H22N4O4/c1-12(19-13(2)23-28-14(19)3)9-18(25)21-11-15-5-4-6-16(10-15)24-8-7-17(22-24)20(26)27/h4-8,10,12H,9,11H2,1-3H3,(H,21,25)(H,26,27). The topological polar surface area (TPSA) is 110 Å². The van der Waals surface area contributed by atoms with E-state index < -0.39 is 5.97 Å². The predicted molar refractivity (Wildman–Crippen MR) is 101 cm³/mol. The molecule has 8 heteroatoms. The highest BCUT2D eigenvalue weighted by atomic mass is 16.5. The molecule has 1 atom stereocenters. The zero-order valence-electron chi connectivity index (χ0n) is 16.0. The van der Waals surface area contributed by atoms with Gasteiger partial charge < -0.3 is 14.9 Å². The van der Waals surface area contributed by atoms with Crippen LogP contribution in [0.4, 0.5) is 0 Å². The molecule has 2 heterocycles. The number of carbonyl (C=O) groups is 2. The number of nitrogens with zero attached hydrogens (tertiary/aromatic N) is 3. The molecule has 3 rings (SSSR count). The summed E-state index contributed by atoms with van der Waals surface area (Å²) in [5.74, 6) is -0.388. The molecule has 8 nitrogen and oxygen atoms in total. The number of rotatable bonds is 7. The molecule has 1 aromatic carbocycles. The molecule has 0 radical (unpaired) electrons. The van der Waals surface area contributed by atoms with Gasteiger partial charge in [0.05, 0.1) is 11.4 Å². The van der Waals surface area contributed by atoms with Crippen LogP contribution in [0.5, 0.6) is 0 Å². The van der Waals surface area contributed by atoms with E-state index in [1.807, 2.05) is 45.0 Å². The van der Waals surface area contributed by atoms with Gasteiger partial charge in [-0.2, -0.15) is 5.10 Å². The number of aromatic carboxylic acids is 1. The third-order valence-electron chi connectivity index (χ3n) is 4.55. The molecule has 28 heavy (non-hydrogen) atoms. The van der Waals surface area contributed by atoms with E-state index in [1.165, 1.54) is 10.7 Å². The Labute approximate surface area is 162 Å². The third kappa shape index (κ3) is 4.28. The van der Waals surface area contributed by atoms with Gasteiger partial charge in [0.2, 0.25) is 5.91 Å². The number of nitrogens with one attached hydrogen (secondary N) is 1. The SMILES string of the molecule is Cc1noc(C)c1C(C)CC(=O)NCc1cccc(-n2ccc(C(=O)O)n2)c1. The number of benzene rings is 1. The lowest BCUT2D eigenvalue weighted by molar-refractivity contribution is -0.121. The number of aromatic nitrogens is 3. The minimum absolute atomic E-state index is 0.0103. The van der Waals surface area contributed by atoms with Gasteiger partial charge in [0, 0.05) is 24.7 Å². The lowest BCUT2D eigenvalue weighted by Gasteiger charge is -2.12. The average Bonchev–Trinajstić information content (AvgIpc) is 3.27. The maximum absolute atomic E-state index is 12.3. The van der Waals surface area contributed by atoms with Crippen LogP contribution in [-0.4, -0.2) is 31.9 Å². The number of hydrogen-bond acceptors (Lipinski definition) is 5. The molecule has 0 spiro atoms. The maximum atomic E-state index is 12.3. The molecule has 0 aliphatic carbocycles. The first kappa shape index (κ1) is 19.3. The van der Waals surface area contributed by atoms with E-state index in [1.54, 1.807) is 6.20 Å². The van der Waals surface area contributed by atoms with E-state index in [4.69, 9.17) is 9.63 Å². The quantitative estimate of drug-likeness (QED) is 0.650. The first-order valence-electron chi connectivity index (χ1n) is 8.93. The number of aryl methyl sites for hydroxylation is 2. The normalized spacial score (nSPS) is 12.0. The Morgan fingerprint density at radius 2 is 2.07 bits per heavy atom. The minimum atomic E-state index is -1.07. The van der Waals surface area contributed by atoms with Gasteiger partial charge in [-0.1, -0.05) is 24.2 Å². The van der Waals surface area contributed by atoms with Gasteiger partial charge in [0.25, 0.3) is 0 Å². The van der Waals surface area contributed by atoms with Crippen molar-refractivity contribution in [2.45, 2.75) is 39.7 Å². The van der Waals surface area contributed by atoms with Crippen molar-refractivity contribution in [2.75, 3.05) is 0 Å². The van der Waals surface area contributed by atoms with Crippen molar-refractivity contribution in [3.05, 3.63) is 64.8 Å². The Balaban J connectivity index is 1.61. The zero-order chi connectivity index (χ0) is 20.3. The van der Waals surface area contributed by atoms with Gasteiger partial charge in [-0.15, -0.1) is 0 Å². The Hall–Kier alpha value is -3.42. The Kier molecular flexibility index (Phi) is 5.58. The van der Waals surface area contributed by atoms with Gasteiger partial charge in [-0.3, -0.25) is 4.79 Å². The van der Waals surface area contributed by atoms with E-state index in [0.29, 0.717) is 13.0 Å². The van der Waals surface area contributed by atoms with Gasteiger partial charge in [-0.25, -0.2) is 9.48 Å². The van der Waals surface area contributed by atoms with Crippen molar-refractivity contribution >= 4 is 11.9 Å². The molecular weight excluding hydrogens is 360 g/mol. The van der Waals surface area contributed by atoms with Crippen LogP contribution < -0.4 is 5.32 Å². The van der Waals surface area contributed by atoms with E-state index in [0.717, 1.165) is 28.3 Å². The second kappa shape index (κ2) is 8.08. The highest BCUT2D eigenvalue weighted by Gasteiger charge is 2.19. The minimum Gasteiger partial charge on any atom is -0.476 e.